The van der Waals surface area contributed by atoms with Gasteiger partial charge in [0.15, 0.2) is 11.6 Å². The summed E-state index contributed by atoms with van der Waals surface area (Å²) in [4.78, 5) is 17.6. The van der Waals surface area contributed by atoms with Gasteiger partial charge in [-0.2, -0.15) is 0 Å². The number of hydrogen-bond donors (Lipinski definition) is 0. The molecule has 0 saturated carbocycles. The fraction of sp³-hybridized carbons (Fsp3) is 0.500. The zero-order valence-electron chi connectivity index (χ0n) is 10.6. The van der Waals surface area contributed by atoms with E-state index >= 15 is 0 Å². The van der Waals surface area contributed by atoms with Gasteiger partial charge in [0, 0.05) is 12.3 Å². The van der Waals surface area contributed by atoms with Crippen LogP contribution in [0.5, 0.6) is 5.75 Å². The first-order chi connectivity index (χ1) is 8.37. The number of anilines is 1. The van der Waals surface area contributed by atoms with Gasteiger partial charge in [-0.25, -0.2) is 9.78 Å². The minimum absolute atomic E-state index is 0.397. The van der Waals surface area contributed by atoms with Crippen LogP contribution in [0.15, 0.2) is 12.3 Å². The molecule has 5 nitrogen and oxygen atoms in total. The van der Waals surface area contributed by atoms with E-state index in [4.69, 9.17) is 21.1 Å². The molecule has 1 aromatic heterocycles. The molecule has 1 aliphatic rings. The normalized spacial score (nSPS) is 14.8. The number of carbonyl (C=O) groups excluding carboxylic acids is 1. The number of fused-ring (bicyclic) bond motifs is 1. The van der Waals surface area contributed by atoms with E-state index < -0.39 is 11.7 Å². The molecule has 0 bridgehead atoms. The van der Waals surface area contributed by atoms with Gasteiger partial charge in [0.2, 0.25) is 0 Å². The van der Waals surface area contributed by atoms with Crippen LogP contribution in [0.2, 0.25) is 5.02 Å². The first kappa shape index (κ1) is 13.0. The molecule has 0 aromatic carbocycles. The average molecular weight is 271 g/mol. The molecule has 1 aliphatic heterocycles. The molecule has 18 heavy (non-hydrogen) atoms. The minimum atomic E-state index is -0.540. The van der Waals surface area contributed by atoms with E-state index in [1.54, 1.807) is 6.07 Å². The predicted molar refractivity (Wildman–Crippen MR) is 68.3 cm³/mol. The first-order valence-corrected chi connectivity index (χ1v) is 6.03. The summed E-state index contributed by atoms with van der Waals surface area (Å²) in [7, 11) is 0. The number of aromatic nitrogens is 1. The Morgan fingerprint density at radius 1 is 1.56 bits per heavy atom. The van der Waals surface area contributed by atoms with Crippen LogP contribution in [-0.4, -0.2) is 29.8 Å². The monoisotopic (exact) mass is 270 g/mol. The zero-order chi connectivity index (χ0) is 13.3. The summed E-state index contributed by atoms with van der Waals surface area (Å²) in [6.45, 7) is 6.27. The second-order valence-electron chi connectivity index (χ2n) is 4.96. The van der Waals surface area contributed by atoms with Crippen molar-refractivity contribution >= 4 is 23.5 Å². The number of nitrogens with zero attached hydrogens (tertiary/aromatic N) is 2. The number of pyridine rings is 1. The Kier molecular flexibility index (Phi) is 3.34. The number of halogens is 1. The van der Waals surface area contributed by atoms with Crippen molar-refractivity contribution in [3.63, 3.8) is 0 Å². The summed E-state index contributed by atoms with van der Waals surface area (Å²) in [6, 6.07) is 1.64. The fourth-order valence-corrected chi connectivity index (χ4v) is 1.72. The quantitative estimate of drug-likeness (QED) is 0.727. The third-order valence-electron chi connectivity index (χ3n) is 2.24. The summed E-state index contributed by atoms with van der Waals surface area (Å²) in [5.74, 6) is 0.944. The first-order valence-electron chi connectivity index (χ1n) is 5.66. The molecule has 2 rings (SSSR count). The van der Waals surface area contributed by atoms with Gasteiger partial charge in [-0.05, 0) is 20.8 Å². The van der Waals surface area contributed by atoms with Crippen molar-refractivity contribution in [2.45, 2.75) is 26.4 Å². The van der Waals surface area contributed by atoms with Gasteiger partial charge < -0.3 is 9.47 Å². The number of carbonyl (C=O) groups is 1. The van der Waals surface area contributed by atoms with Crippen molar-refractivity contribution in [1.29, 1.82) is 0 Å². The highest BCUT2D eigenvalue weighted by Gasteiger charge is 2.29. The standard InChI is InChI=1S/C12H15ClN2O3/c1-12(2,3)18-11(16)15-4-5-17-9-6-8(13)7-14-10(9)15/h6-7H,4-5H2,1-3H3. The molecule has 0 unspecified atom stereocenters. The molecule has 6 heteroatoms. The lowest BCUT2D eigenvalue weighted by Gasteiger charge is -2.30. The fourth-order valence-electron chi connectivity index (χ4n) is 1.57. The SMILES string of the molecule is CC(C)(C)OC(=O)N1CCOc2cc(Cl)cnc21. The lowest BCUT2D eigenvalue weighted by Crippen LogP contribution is -2.42. The van der Waals surface area contributed by atoms with E-state index in [-0.39, 0.29) is 0 Å². The molecular formula is C12H15ClN2O3. The molecular weight excluding hydrogens is 256 g/mol. The van der Waals surface area contributed by atoms with E-state index in [0.29, 0.717) is 29.7 Å². The van der Waals surface area contributed by atoms with Crippen LogP contribution in [0.3, 0.4) is 0 Å². The molecule has 0 atom stereocenters. The molecule has 1 aromatic rings. The van der Waals surface area contributed by atoms with E-state index in [0.717, 1.165) is 0 Å². The van der Waals surface area contributed by atoms with Crippen LogP contribution >= 0.6 is 11.6 Å². The van der Waals surface area contributed by atoms with Crippen LogP contribution in [0, 0.1) is 0 Å². The van der Waals surface area contributed by atoms with Crippen molar-refractivity contribution in [3.8, 4) is 5.75 Å². The van der Waals surface area contributed by atoms with Crippen LogP contribution in [-0.2, 0) is 4.74 Å². The van der Waals surface area contributed by atoms with Crippen molar-refractivity contribution < 1.29 is 14.3 Å². The lowest BCUT2D eigenvalue weighted by molar-refractivity contribution is 0.0566. The van der Waals surface area contributed by atoms with Crippen LogP contribution in [0.1, 0.15) is 20.8 Å². The summed E-state index contributed by atoms with van der Waals surface area (Å²) < 4.78 is 10.7. The molecule has 2 heterocycles. The van der Waals surface area contributed by atoms with Crippen molar-refractivity contribution in [3.05, 3.63) is 17.3 Å². The highest BCUT2D eigenvalue weighted by molar-refractivity contribution is 6.30. The molecule has 0 spiro atoms. The Balaban J connectivity index is 2.25. The minimum Gasteiger partial charge on any atom is -0.488 e. The van der Waals surface area contributed by atoms with E-state index in [1.807, 2.05) is 20.8 Å². The number of hydrogen-bond acceptors (Lipinski definition) is 4. The maximum atomic E-state index is 12.0. The highest BCUT2D eigenvalue weighted by Crippen LogP contribution is 2.32. The highest BCUT2D eigenvalue weighted by atomic mass is 35.5. The number of rotatable bonds is 0. The molecule has 1 amide bonds. The Morgan fingerprint density at radius 3 is 2.94 bits per heavy atom. The smallest absolute Gasteiger partial charge is 0.416 e. The van der Waals surface area contributed by atoms with Gasteiger partial charge in [-0.3, -0.25) is 4.90 Å². The third kappa shape index (κ3) is 2.85. The largest absolute Gasteiger partial charge is 0.488 e. The zero-order valence-corrected chi connectivity index (χ0v) is 11.3. The van der Waals surface area contributed by atoms with Gasteiger partial charge in [-0.15, -0.1) is 0 Å². The van der Waals surface area contributed by atoms with E-state index in [2.05, 4.69) is 4.98 Å². The third-order valence-corrected chi connectivity index (χ3v) is 2.45. The Labute approximate surface area is 111 Å². The van der Waals surface area contributed by atoms with Gasteiger partial charge in [0.1, 0.15) is 12.2 Å². The summed E-state index contributed by atoms with van der Waals surface area (Å²) in [5, 5.41) is 0.472. The van der Waals surface area contributed by atoms with Gasteiger partial charge in [-0.1, -0.05) is 11.6 Å². The molecule has 98 valence electrons. The van der Waals surface area contributed by atoms with Crippen molar-refractivity contribution in [2.24, 2.45) is 0 Å². The Morgan fingerprint density at radius 2 is 2.28 bits per heavy atom. The Hall–Kier alpha value is -1.49. The van der Waals surface area contributed by atoms with Crippen LogP contribution in [0.25, 0.3) is 0 Å². The van der Waals surface area contributed by atoms with Gasteiger partial charge in [0.05, 0.1) is 11.6 Å². The van der Waals surface area contributed by atoms with Crippen LogP contribution in [0.4, 0.5) is 10.6 Å². The molecule has 0 saturated heterocycles. The van der Waals surface area contributed by atoms with Crippen molar-refractivity contribution in [1.82, 2.24) is 4.98 Å². The summed E-state index contributed by atoms with van der Waals surface area (Å²) in [5.41, 5.74) is -0.540. The topological polar surface area (TPSA) is 51.7 Å². The lowest BCUT2D eigenvalue weighted by atomic mass is 10.2. The second-order valence-corrected chi connectivity index (χ2v) is 5.39. The average Bonchev–Trinajstić information content (AvgIpc) is 2.25. The molecule has 0 fully saturated rings. The second kappa shape index (κ2) is 4.65. The predicted octanol–water partition coefficient (Wildman–Crippen LogP) is 2.87. The van der Waals surface area contributed by atoms with Gasteiger partial charge in [0.25, 0.3) is 0 Å². The molecule has 0 aliphatic carbocycles. The Bertz CT molecular complexity index is 471. The number of ether oxygens (including phenoxy) is 2. The molecule has 0 N–H and O–H groups in total. The van der Waals surface area contributed by atoms with E-state index in [9.17, 15) is 4.79 Å². The van der Waals surface area contributed by atoms with Crippen molar-refractivity contribution in [2.75, 3.05) is 18.1 Å². The van der Waals surface area contributed by atoms with E-state index in [1.165, 1.54) is 11.1 Å². The summed E-state index contributed by atoms with van der Waals surface area (Å²) >= 11 is 5.83. The maximum Gasteiger partial charge on any atom is 0.416 e. The van der Waals surface area contributed by atoms with Gasteiger partial charge >= 0.3 is 6.09 Å². The van der Waals surface area contributed by atoms with Crippen LogP contribution < -0.4 is 9.64 Å². The summed E-state index contributed by atoms with van der Waals surface area (Å²) in [6.07, 6.45) is 1.05. The maximum absolute atomic E-state index is 12.0. The molecule has 0 radical (unpaired) electrons. The number of amides is 1.